The molecule has 0 saturated carbocycles. The number of nitrogens with zero attached hydrogens (tertiary/aromatic N) is 1. The van der Waals surface area contributed by atoms with E-state index >= 15 is 0 Å². The lowest BCUT2D eigenvalue weighted by atomic mass is 10.0. The summed E-state index contributed by atoms with van der Waals surface area (Å²) in [5.41, 5.74) is 5.07. The zero-order valence-corrected chi connectivity index (χ0v) is 21.5. The Morgan fingerprint density at radius 2 is 1.68 bits per heavy atom. The van der Waals surface area contributed by atoms with Gasteiger partial charge in [0.25, 0.3) is 0 Å². The van der Waals surface area contributed by atoms with E-state index in [1.165, 1.54) is 22.5 Å². The minimum atomic E-state index is -3.25. The van der Waals surface area contributed by atoms with E-state index < -0.39 is 14.8 Å². The van der Waals surface area contributed by atoms with Gasteiger partial charge >= 0.3 is 0 Å². The maximum Gasteiger partial charge on any atom is 0.216 e. The Balaban J connectivity index is 1.84. The van der Waals surface area contributed by atoms with Crippen molar-refractivity contribution in [3.63, 3.8) is 0 Å². The number of morpholine rings is 1. The zero-order chi connectivity index (χ0) is 23.4. The molecule has 1 aromatic carbocycles. The van der Waals surface area contributed by atoms with Crippen LogP contribution in [0.1, 0.15) is 71.9 Å². The van der Waals surface area contributed by atoms with Crippen LogP contribution < -0.4 is 14.9 Å². The second-order valence-corrected chi connectivity index (χ2v) is 12.4. The molecule has 1 fully saturated rings. The molecule has 0 aliphatic carbocycles. The normalized spacial score (nSPS) is 22.6. The van der Waals surface area contributed by atoms with Crippen LogP contribution in [-0.4, -0.2) is 51.0 Å². The molecule has 2 N–H and O–H groups in total. The fourth-order valence-corrected chi connectivity index (χ4v) is 4.77. The third-order valence-corrected chi connectivity index (χ3v) is 8.60. The van der Waals surface area contributed by atoms with E-state index in [2.05, 4.69) is 61.7 Å². The Morgan fingerprint density at radius 3 is 2.32 bits per heavy atom. The summed E-state index contributed by atoms with van der Waals surface area (Å²) in [5, 5.41) is 3.56. The molecule has 1 saturated heterocycles. The Morgan fingerprint density at radius 1 is 1.03 bits per heavy atom. The van der Waals surface area contributed by atoms with Gasteiger partial charge in [0.2, 0.25) is 10.0 Å². The average Bonchev–Trinajstić information content (AvgIpc) is 2.66. The van der Waals surface area contributed by atoms with Crippen LogP contribution in [0.5, 0.6) is 0 Å². The molecule has 1 heterocycles. The lowest BCUT2D eigenvalue weighted by Gasteiger charge is -2.43. The van der Waals surface area contributed by atoms with E-state index in [9.17, 15) is 8.42 Å². The lowest BCUT2D eigenvalue weighted by molar-refractivity contribution is -0.0258. The number of hydrogen-bond acceptors (Lipinski definition) is 5. The quantitative estimate of drug-likeness (QED) is 0.535. The topological polar surface area (TPSA) is 70.7 Å². The maximum absolute atomic E-state index is 12.1. The van der Waals surface area contributed by atoms with Crippen molar-refractivity contribution >= 4 is 21.4 Å². The van der Waals surface area contributed by atoms with Gasteiger partial charge in [-0.1, -0.05) is 6.42 Å². The number of nitrogens with one attached hydrogen (secondary N) is 2. The van der Waals surface area contributed by atoms with Crippen LogP contribution in [-0.2, 0) is 14.8 Å². The molecule has 31 heavy (non-hydrogen) atoms. The number of unbranched alkanes of at least 4 members (excludes halogenated alkanes) is 2. The molecule has 0 radical (unpaired) electrons. The molecule has 2 rings (SSSR count). The van der Waals surface area contributed by atoms with E-state index in [1.54, 1.807) is 20.8 Å². The highest BCUT2D eigenvalue weighted by Crippen LogP contribution is 2.32. The van der Waals surface area contributed by atoms with Crippen molar-refractivity contribution in [2.24, 2.45) is 0 Å². The van der Waals surface area contributed by atoms with Crippen molar-refractivity contribution in [2.75, 3.05) is 29.9 Å². The summed E-state index contributed by atoms with van der Waals surface area (Å²) in [6, 6.07) is 4.77. The first kappa shape index (κ1) is 25.9. The van der Waals surface area contributed by atoms with Crippen LogP contribution in [0.15, 0.2) is 12.1 Å². The van der Waals surface area contributed by atoms with Crippen LogP contribution >= 0.6 is 0 Å². The smallest absolute Gasteiger partial charge is 0.216 e. The van der Waals surface area contributed by atoms with Crippen molar-refractivity contribution in [1.29, 1.82) is 0 Å². The summed E-state index contributed by atoms with van der Waals surface area (Å²) >= 11 is 0. The predicted octanol–water partition coefficient (Wildman–Crippen LogP) is 4.61. The Bertz CT molecular complexity index is 833. The molecular formula is C24H43N3O3S. The summed E-state index contributed by atoms with van der Waals surface area (Å²) in [7, 11) is -3.25. The van der Waals surface area contributed by atoms with Crippen molar-refractivity contribution in [2.45, 2.75) is 97.6 Å². The van der Waals surface area contributed by atoms with Crippen LogP contribution in [0.25, 0.3) is 0 Å². The van der Waals surface area contributed by atoms with Crippen molar-refractivity contribution in [3.8, 4) is 0 Å². The Labute approximate surface area is 190 Å². The van der Waals surface area contributed by atoms with Crippen LogP contribution in [0.3, 0.4) is 0 Å². The first-order chi connectivity index (χ1) is 14.3. The molecule has 1 aromatic rings. The molecule has 0 bridgehead atoms. The van der Waals surface area contributed by atoms with Gasteiger partial charge in [-0.05, 0) is 91.5 Å². The van der Waals surface area contributed by atoms with Gasteiger partial charge in [0.1, 0.15) is 0 Å². The van der Waals surface area contributed by atoms with Crippen LogP contribution in [0.4, 0.5) is 11.4 Å². The summed E-state index contributed by atoms with van der Waals surface area (Å²) in [6.45, 7) is 18.4. The SMILES string of the molecule is Cc1c(NCCCCCNS(=O)(=O)C(C)(C)C)ccc(N2CC(C)OC(C)C2C)c1C. The third kappa shape index (κ3) is 6.59. The minimum Gasteiger partial charge on any atom is -0.385 e. The van der Waals surface area contributed by atoms with Gasteiger partial charge in [-0.15, -0.1) is 0 Å². The molecule has 1 aliphatic rings. The van der Waals surface area contributed by atoms with Gasteiger partial charge in [0.05, 0.1) is 23.0 Å². The van der Waals surface area contributed by atoms with E-state index in [0.717, 1.165) is 32.4 Å². The molecule has 1 aliphatic heterocycles. The highest BCUT2D eigenvalue weighted by atomic mass is 32.2. The second-order valence-electron chi connectivity index (χ2n) is 9.92. The molecular weight excluding hydrogens is 410 g/mol. The minimum absolute atomic E-state index is 0.217. The van der Waals surface area contributed by atoms with Gasteiger partial charge < -0.3 is 15.0 Å². The highest BCUT2D eigenvalue weighted by Gasteiger charge is 2.31. The van der Waals surface area contributed by atoms with Gasteiger partial charge in [-0.2, -0.15) is 0 Å². The van der Waals surface area contributed by atoms with Gasteiger partial charge in [-0.3, -0.25) is 0 Å². The number of rotatable bonds is 9. The lowest BCUT2D eigenvalue weighted by Crippen LogP contribution is -2.52. The molecule has 178 valence electrons. The molecule has 0 aromatic heterocycles. The zero-order valence-electron chi connectivity index (χ0n) is 20.7. The summed E-state index contributed by atoms with van der Waals surface area (Å²) in [4.78, 5) is 2.48. The first-order valence-corrected chi connectivity index (χ1v) is 13.1. The highest BCUT2D eigenvalue weighted by molar-refractivity contribution is 7.90. The monoisotopic (exact) mass is 453 g/mol. The number of anilines is 2. The third-order valence-electron chi connectivity index (χ3n) is 6.41. The molecule has 0 spiro atoms. The molecule has 6 nitrogen and oxygen atoms in total. The summed E-state index contributed by atoms with van der Waals surface area (Å²) in [6.07, 6.45) is 3.29. The van der Waals surface area contributed by atoms with Crippen LogP contribution in [0.2, 0.25) is 0 Å². The molecule has 0 amide bonds. The summed E-state index contributed by atoms with van der Waals surface area (Å²) in [5.74, 6) is 0. The fourth-order valence-electron chi connectivity index (χ4n) is 3.92. The van der Waals surface area contributed by atoms with Crippen LogP contribution in [0, 0.1) is 13.8 Å². The largest absolute Gasteiger partial charge is 0.385 e. The molecule has 7 heteroatoms. The van der Waals surface area contributed by atoms with Gasteiger partial charge in [0.15, 0.2) is 0 Å². The predicted molar refractivity (Wildman–Crippen MR) is 132 cm³/mol. The standard InChI is InChI=1S/C24H43N3O3S/c1-17-16-27(20(4)21(5)30-17)23-13-12-22(18(2)19(23)3)25-14-10-9-11-15-26-31(28,29)24(6,7)8/h12-13,17,20-21,25-26H,9-11,14-16H2,1-8H3. The second kappa shape index (κ2) is 10.5. The van der Waals surface area contributed by atoms with Gasteiger partial charge in [-0.25, -0.2) is 13.1 Å². The average molecular weight is 454 g/mol. The first-order valence-electron chi connectivity index (χ1n) is 11.6. The molecule has 3 atom stereocenters. The van der Waals surface area contributed by atoms with Crippen molar-refractivity contribution in [3.05, 3.63) is 23.3 Å². The molecule has 3 unspecified atom stereocenters. The number of benzene rings is 1. The van der Waals surface area contributed by atoms with E-state index in [0.29, 0.717) is 12.6 Å². The van der Waals surface area contributed by atoms with Crippen molar-refractivity contribution < 1.29 is 13.2 Å². The van der Waals surface area contributed by atoms with E-state index in [1.807, 2.05) is 0 Å². The van der Waals surface area contributed by atoms with Crippen molar-refractivity contribution in [1.82, 2.24) is 4.72 Å². The fraction of sp³-hybridized carbons (Fsp3) is 0.750. The Kier molecular flexibility index (Phi) is 8.82. The summed E-state index contributed by atoms with van der Waals surface area (Å²) < 4.78 is 32.1. The maximum atomic E-state index is 12.1. The Hall–Kier alpha value is -1.31. The number of hydrogen-bond donors (Lipinski definition) is 2. The number of sulfonamides is 1. The van der Waals surface area contributed by atoms with Gasteiger partial charge in [0, 0.05) is 31.0 Å². The van der Waals surface area contributed by atoms with E-state index in [-0.39, 0.29) is 12.2 Å². The number of ether oxygens (including phenoxy) is 1. The van der Waals surface area contributed by atoms with E-state index in [4.69, 9.17) is 4.74 Å².